The minimum Gasteiger partial charge on any atom is -0.378 e. The van der Waals surface area contributed by atoms with Crippen LogP contribution in [0.1, 0.15) is 33.6 Å². The predicted molar refractivity (Wildman–Crippen MR) is 54.8 cm³/mol. The van der Waals surface area contributed by atoms with Crippen LogP contribution in [0, 0.1) is 0 Å². The first-order valence-corrected chi connectivity index (χ1v) is 5.15. The third kappa shape index (κ3) is 2.69. The number of carbonyl (C=O) groups is 1. The Morgan fingerprint density at radius 1 is 1.57 bits per heavy atom. The fraction of sp³-hybridized carbons (Fsp3) is 0.900. The first-order chi connectivity index (χ1) is 6.45. The lowest BCUT2D eigenvalue weighted by Gasteiger charge is -2.39. The van der Waals surface area contributed by atoms with E-state index >= 15 is 0 Å². The number of ether oxygens (including phenoxy) is 1. The predicted octanol–water partition coefficient (Wildman–Crippen LogP) is 0.407. The Labute approximate surface area is 85.2 Å². The number of rotatable bonds is 5. The van der Waals surface area contributed by atoms with Crippen LogP contribution in [0.2, 0.25) is 0 Å². The van der Waals surface area contributed by atoms with E-state index < -0.39 is 5.54 Å². The molecule has 0 unspecified atom stereocenters. The van der Waals surface area contributed by atoms with Gasteiger partial charge in [0.15, 0.2) is 0 Å². The summed E-state index contributed by atoms with van der Waals surface area (Å²) in [6, 6.07) is 0.369. The van der Waals surface area contributed by atoms with Crippen LogP contribution < -0.4 is 11.1 Å². The van der Waals surface area contributed by atoms with Crippen LogP contribution in [0.4, 0.5) is 0 Å². The Balaban J connectivity index is 2.25. The van der Waals surface area contributed by atoms with Crippen molar-refractivity contribution in [1.29, 1.82) is 0 Å². The highest BCUT2D eigenvalue weighted by Gasteiger charge is 2.35. The summed E-state index contributed by atoms with van der Waals surface area (Å²) < 4.78 is 5.43. The minimum absolute atomic E-state index is 0.308. The third-order valence-corrected chi connectivity index (χ3v) is 2.68. The first kappa shape index (κ1) is 11.5. The van der Waals surface area contributed by atoms with Gasteiger partial charge in [0.25, 0.3) is 0 Å². The summed E-state index contributed by atoms with van der Waals surface area (Å²) in [5, 5.41) is 3.23. The summed E-state index contributed by atoms with van der Waals surface area (Å²) >= 11 is 0. The maximum Gasteiger partial charge on any atom is 0.237 e. The molecule has 3 N–H and O–H groups in total. The molecule has 1 aliphatic carbocycles. The molecule has 0 atom stereocenters. The normalized spacial score (nSPS) is 27.1. The highest BCUT2D eigenvalue weighted by molar-refractivity contribution is 5.83. The van der Waals surface area contributed by atoms with E-state index in [1.165, 1.54) is 0 Å². The molecule has 0 heterocycles. The summed E-state index contributed by atoms with van der Waals surface area (Å²) in [6.45, 7) is 6.37. The van der Waals surface area contributed by atoms with Crippen molar-refractivity contribution in [1.82, 2.24) is 5.32 Å². The van der Waals surface area contributed by atoms with Gasteiger partial charge in [-0.15, -0.1) is 0 Å². The van der Waals surface area contributed by atoms with E-state index in [1.807, 2.05) is 20.8 Å². The molecule has 0 spiro atoms. The van der Waals surface area contributed by atoms with Crippen LogP contribution in [-0.2, 0) is 9.53 Å². The Bertz CT molecular complexity index is 210. The average Bonchev–Trinajstić information content (AvgIpc) is 2.00. The Kier molecular flexibility index (Phi) is 3.50. The number of nitrogens with one attached hydrogen (secondary N) is 1. The van der Waals surface area contributed by atoms with E-state index in [2.05, 4.69) is 5.32 Å². The lowest BCUT2D eigenvalue weighted by Crippen LogP contribution is -2.59. The zero-order valence-corrected chi connectivity index (χ0v) is 9.17. The van der Waals surface area contributed by atoms with Gasteiger partial charge in [0.2, 0.25) is 5.91 Å². The largest absolute Gasteiger partial charge is 0.378 e. The van der Waals surface area contributed by atoms with Gasteiger partial charge < -0.3 is 15.8 Å². The second kappa shape index (κ2) is 4.28. The SMILES string of the molecule is CCOC1CC(NC(C)(C)C(N)=O)C1. The Morgan fingerprint density at radius 3 is 2.57 bits per heavy atom. The molecule has 0 radical (unpaired) electrons. The van der Waals surface area contributed by atoms with Gasteiger partial charge in [-0.2, -0.15) is 0 Å². The van der Waals surface area contributed by atoms with E-state index in [9.17, 15) is 4.79 Å². The van der Waals surface area contributed by atoms with Crippen molar-refractivity contribution >= 4 is 5.91 Å². The molecule has 1 rings (SSSR count). The van der Waals surface area contributed by atoms with E-state index in [4.69, 9.17) is 10.5 Å². The number of nitrogens with two attached hydrogens (primary N) is 1. The van der Waals surface area contributed by atoms with Crippen LogP contribution in [0.3, 0.4) is 0 Å². The smallest absolute Gasteiger partial charge is 0.237 e. The highest BCUT2D eigenvalue weighted by atomic mass is 16.5. The van der Waals surface area contributed by atoms with Gasteiger partial charge in [-0.1, -0.05) is 0 Å². The zero-order chi connectivity index (χ0) is 10.8. The van der Waals surface area contributed by atoms with E-state index in [0.29, 0.717) is 12.1 Å². The maximum atomic E-state index is 11.0. The van der Waals surface area contributed by atoms with Gasteiger partial charge in [0.1, 0.15) is 0 Å². The van der Waals surface area contributed by atoms with Gasteiger partial charge in [-0.25, -0.2) is 0 Å². The number of amides is 1. The maximum absolute atomic E-state index is 11.0. The molecule has 0 saturated heterocycles. The minimum atomic E-state index is -0.609. The molecular weight excluding hydrogens is 180 g/mol. The van der Waals surface area contributed by atoms with Crippen LogP contribution in [0.25, 0.3) is 0 Å². The molecular formula is C10H20N2O2. The number of primary amides is 1. The van der Waals surface area contributed by atoms with E-state index in [1.54, 1.807) is 0 Å². The van der Waals surface area contributed by atoms with E-state index in [-0.39, 0.29) is 5.91 Å². The van der Waals surface area contributed by atoms with Crippen molar-refractivity contribution in [2.45, 2.75) is 51.3 Å². The van der Waals surface area contributed by atoms with Crippen molar-refractivity contribution in [2.24, 2.45) is 5.73 Å². The monoisotopic (exact) mass is 200 g/mol. The second-order valence-electron chi connectivity index (χ2n) is 4.38. The van der Waals surface area contributed by atoms with Crippen molar-refractivity contribution in [3.05, 3.63) is 0 Å². The first-order valence-electron chi connectivity index (χ1n) is 5.15. The molecule has 1 fully saturated rings. The summed E-state index contributed by atoms with van der Waals surface area (Å²) in [4.78, 5) is 11.0. The second-order valence-corrected chi connectivity index (χ2v) is 4.38. The molecule has 0 aromatic rings. The Hall–Kier alpha value is -0.610. The van der Waals surface area contributed by atoms with Crippen molar-refractivity contribution in [2.75, 3.05) is 6.61 Å². The van der Waals surface area contributed by atoms with Crippen LogP contribution >= 0.6 is 0 Å². The summed E-state index contributed by atoms with van der Waals surface area (Å²) in [6.07, 6.45) is 2.32. The molecule has 14 heavy (non-hydrogen) atoms. The fourth-order valence-electron chi connectivity index (χ4n) is 1.64. The molecule has 4 nitrogen and oxygen atoms in total. The van der Waals surface area contributed by atoms with Crippen LogP contribution in [-0.4, -0.2) is 30.2 Å². The standard InChI is InChI=1S/C10H20N2O2/c1-4-14-8-5-7(6-8)12-10(2,3)9(11)13/h7-8,12H,4-6H2,1-3H3,(H2,11,13). The quantitative estimate of drug-likeness (QED) is 0.675. The summed E-state index contributed by atoms with van der Waals surface area (Å²) in [5.41, 5.74) is 4.65. The third-order valence-electron chi connectivity index (χ3n) is 2.68. The van der Waals surface area contributed by atoms with E-state index in [0.717, 1.165) is 19.4 Å². The van der Waals surface area contributed by atoms with Crippen molar-refractivity contribution < 1.29 is 9.53 Å². The Morgan fingerprint density at radius 2 is 2.14 bits per heavy atom. The average molecular weight is 200 g/mol. The van der Waals surface area contributed by atoms with Gasteiger partial charge in [0, 0.05) is 12.6 Å². The topological polar surface area (TPSA) is 64.3 Å². The van der Waals surface area contributed by atoms with Gasteiger partial charge in [0.05, 0.1) is 11.6 Å². The molecule has 4 heteroatoms. The molecule has 0 aromatic carbocycles. The summed E-state index contributed by atoms with van der Waals surface area (Å²) in [7, 11) is 0. The molecule has 1 aliphatic rings. The van der Waals surface area contributed by atoms with Gasteiger partial charge >= 0.3 is 0 Å². The molecule has 0 bridgehead atoms. The molecule has 0 aliphatic heterocycles. The number of hydrogen-bond acceptors (Lipinski definition) is 3. The molecule has 0 aromatic heterocycles. The van der Waals surface area contributed by atoms with Gasteiger partial charge in [-0.05, 0) is 33.6 Å². The molecule has 1 saturated carbocycles. The number of carbonyl (C=O) groups excluding carboxylic acids is 1. The lowest BCUT2D eigenvalue weighted by molar-refractivity contribution is -0.124. The van der Waals surface area contributed by atoms with Crippen molar-refractivity contribution in [3.63, 3.8) is 0 Å². The van der Waals surface area contributed by atoms with Gasteiger partial charge in [-0.3, -0.25) is 4.79 Å². The van der Waals surface area contributed by atoms with Crippen LogP contribution in [0.5, 0.6) is 0 Å². The summed E-state index contributed by atoms with van der Waals surface area (Å²) in [5.74, 6) is -0.308. The zero-order valence-electron chi connectivity index (χ0n) is 9.17. The lowest BCUT2D eigenvalue weighted by atomic mass is 9.87. The highest BCUT2D eigenvalue weighted by Crippen LogP contribution is 2.25. The molecule has 82 valence electrons. The fourth-order valence-corrected chi connectivity index (χ4v) is 1.64. The van der Waals surface area contributed by atoms with Crippen LogP contribution in [0.15, 0.2) is 0 Å². The van der Waals surface area contributed by atoms with Crippen molar-refractivity contribution in [3.8, 4) is 0 Å². The number of hydrogen-bond donors (Lipinski definition) is 2. The molecule has 1 amide bonds.